The van der Waals surface area contributed by atoms with Crippen molar-refractivity contribution >= 4 is 35.3 Å². The van der Waals surface area contributed by atoms with Gasteiger partial charge >= 0.3 is 6.03 Å². The quantitative estimate of drug-likeness (QED) is 0.616. The Hall–Kier alpha value is -2.99. The zero-order valence-electron chi connectivity index (χ0n) is 15.2. The van der Waals surface area contributed by atoms with E-state index in [0.29, 0.717) is 27.8 Å². The van der Waals surface area contributed by atoms with E-state index in [0.717, 1.165) is 4.90 Å². The standard InChI is InChI=1S/C20H19ClN2O4/c1-12(2)27-18-13(6-4-9-17(18)26-3)10-16-19(24)23(20(25)22-16)15-8-5-7-14(21)11-15/h4-12H,1-3H3,(H,22,25)/b16-10-. The fraction of sp³-hybridized carbons (Fsp3) is 0.200. The maximum atomic E-state index is 12.8. The second-order valence-electron chi connectivity index (χ2n) is 6.15. The number of hydrogen-bond acceptors (Lipinski definition) is 4. The minimum Gasteiger partial charge on any atom is -0.493 e. The molecule has 1 aliphatic heterocycles. The Kier molecular flexibility index (Phi) is 5.37. The molecule has 0 atom stereocenters. The molecule has 2 aromatic rings. The van der Waals surface area contributed by atoms with Crippen molar-refractivity contribution < 1.29 is 19.1 Å². The first-order valence-electron chi connectivity index (χ1n) is 8.37. The van der Waals surface area contributed by atoms with Gasteiger partial charge < -0.3 is 14.8 Å². The summed E-state index contributed by atoms with van der Waals surface area (Å²) in [6, 6.07) is 11.4. The Labute approximate surface area is 162 Å². The molecule has 140 valence electrons. The van der Waals surface area contributed by atoms with Gasteiger partial charge in [0.05, 0.1) is 18.9 Å². The van der Waals surface area contributed by atoms with Gasteiger partial charge in [-0.15, -0.1) is 0 Å². The van der Waals surface area contributed by atoms with E-state index in [-0.39, 0.29) is 11.8 Å². The van der Waals surface area contributed by atoms with E-state index < -0.39 is 11.9 Å². The van der Waals surface area contributed by atoms with E-state index in [1.807, 2.05) is 13.8 Å². The number of carbonyl (C=O) groups is 2. The van der Waals surface area contributed by atoms with Crippen LogP contribution in [0.3, 0.4) is 0 Å². The number of nitrogens with zero attached hydrogens (tertiary/aromatic N) is 1. The summed E-state index contributed by atoms with van der Waals surface area (Å²) in [4.78, 5) is 26.2. The first-order valence-corrected chi connectivity index (χ1v) is 8.75. The molecule has 0 radical (unpaired) electrons. The molecule has 0 aliphatic carbocycles. The number of benzene rings is 2. The molecule has 1 heterocycles. The number of urea groups is 1. The first kappa shape index (κ1) is 18.8. The number of halogens is 1. The van der Waals surface area contributed by atoms with E-state index in [1.54, 1.807) is 55.7 Å². The zero-order valence-corrected chi connectivity index (χ0v) is 15.9. The molecule has 0 spiro atoms. The lowest BCUT2D eigenvalue weighted by atomic mass is 10.1. The fourth-order valence-electron chi connectivity index (χ4n) is 2.71. The lowest BCUT2D eigenvalue weighted by molar-refractivity contribution is -0.113. The Balaban J connectivity index is 1.99. The third-order valence-electron chi connectivity index (χ3n) is 3.83. The van der Waals surface area contributed by atoms with Crippen LogP contribution in [-0.2, 0) is 4.79 Å². The molecule has 0 saturated carbocycles. The van der Waals surface area contributed by atoms with Crippen LogP contribution >= 0.6 is 11.6 Å². The van der Waals surface area contributed by atoms with Gasteiger partial charge in [-0.2, -0.15) is 0 Å². The molecule has 2 aromatic carbocycles. The highest BCUT2D eigenvalue weighted by atomic mass is 35.5. The monoisotopic (exact) mass is 386 g/mol. The number of rotatable bonds is 5. The molecule has 7 heteroatoms. The minimum atomic E-state index is -0.539. The summed E-state index contributed by atoms with van der Waals surface area (Å²) in [7, 11) is 1.54. The molecule has 0 bridgehead atoms. The van der Waals surface area contributed by atoms with Crippen molar-refractivity contribution in [3.63, 3.8) is 0 Å². The predicted octanol–water partition coefficient (Wildman–Crippen LogP) is 4.23. The van der Waals surface area contributed by atoms with Crippen LogP contribution in [0.1, 0.15) is 19.4 Å². The highest BCUT2D eigenvalue weighted by molar-refractivity contribution is 6.32. The molecule has 1 saturated heterocycles. The third kappa shape index (κ3) is 3.90. The van der Waals surface area contributed by atoms with E-state index in [9.17, 15) is 9.59 Å². The Morgan fingerprint density at radius 2 is 1.89 bits per heavy atom. The predicted molar refractivity (Wildman–Crippen MR) is 104 cm³/mol. The maximum Gasteiger partial charge on any atom is 0.333 e. The van der Waals surface area contributed by atoms with E-state index >= 15 is 0 Å². The SMILES string of the molecule is COc1cccc(/C=C2\NC(=O)N(c3cccc(Cl)c3)C2=O)c1OC(C)C. The summed E-state index contributed by atoms with van der Waals surface area (Å²) in [5, 5.41) is 3.03. The summed E-state index contributed by atoms with van der Waals surface area (Å²) in [5.41, 5.74) is 1.17. The second kappa shape index (κ2) is 7.72. The first-order chi connectivity index (χ1) is 12.9. The van der Waals surface area contributed by atoms with Crippen LogP contribution in [0, 0.1) is 0 Å². The lowest BCUT2D eigenvalue weighted by Crippen LogP contribution is -2.30. The molecule has 0 aromatic heterocycles. The van der Waals surface area contributed by atoms with Crippen LogP contribution < -0.4 is 19.7 Å². The molecule has 6 nitrogen and oxygen atoms in total. The van der Waals surface area contributed by atoms with Crippen molar-refractivity contribution in [2.75, 3.05) is 12.0 Å². The van der Waals surface area contributed by atoms with Crippen LogP contribution in [0.25, 0.3) is 6.08 Å². The van der Waals surface area contributed by atoms with Gasteiger partial charge in [-0.3, -0.25) is 4.79 Å². The average Bonchev–Trinajstić information content (AvgIpc) is 2.89. The van der Waals surface area contributed by atoms with Crippen molar-refractivity contribution in [2.45, 2.75) is 20.0 Å². The summed E-state index contributed by atoms with van der Waals surface area (Å²) in [6.45, 7) is 3.79. The highest BCUT2D eigenvalue weighted by Crippen LogP contribution is 2.34. The number of amides is 3. The molecule has 0 unspecified atom stereocenters. The zero-order chi connectivity index (χ0) is 19.6. The van der Waals surface area contributed by atoms with Gasteiger partial charge in [0.1, 0.15) is 5.70 Å². The highest BCUT2D eigenvalue weighted by Gasteiger charge is 2.35. The van der Waals surface area contributed by atoms with Crippen LogP contribution in [0.5, 0.6) is 11.5 Å². The Morgan fingerprint density at radius 1 is 1.15 bits per heavy atom. The van der Waals surface area contributed by atoms with Crippen LogP contribution in [0.15, 0.2) is 48.2 Å². The number of ether oxygens (including phenoxy) is 2. The van der Waals surface area contributed by atoms with Crippen molar-refractivity contribution in [3.05, 3.63) is 58.7 Å². The van der Waals surface area contributed by atoms with Gasteiger partial charge in [0.25, 0.3) is 5.91 Å². The van der Waals surface area contributed by atoms with E-state index in [4.69, 9.17) is 21.1 Å². The number of nitrogens with one attached hydrogen (secondary N) is 1. The van der Waals surface area contributed by atoms with Crippen molar-refractivity contribution in [1.29, 1.82) is 0 Å². The van der Waals surface area contributed by atoms with Gasteiger partial charge in [-0.05, 0) is 44.2 Å². The molecular weight excluding hydrogens is 368 g/mol. The summed E-state index contributed by atoms with van der Waals surface area (Å²) < 4.78 is 11.2. The van der Waals surface area contributed by atoms with E-state index in [1.165, 1.54) is 0 Å². The number of methoxy groups -OCH3 is 1. The number of imide groups is 1. The molecule has 1 N–H and O–H groups in total. The van der Waals surface area contributed by atoms with E-state index in [2.05, 4.69) is 5.32 Å². The molecule has 1 fully saturated rings. The van der Waals surface area contributed by atoms with Gasteiger partial charge in [-0.1, -0.05) is 29.8 Å². The largest absolute Gasteiger partial charge is 0.493 e. The molecule has 3 rings (SSSR count). The van der Waals surface area contributed by atoms with Gasteiger partial charge in [0, 0.05) is 10.6 Å². The summed E-state index contributed by atoms with van der Waals surface area (Å²) in [6.07, 6.45) is 1.49. The maximum absolute atomic E-state index is 12.8. The third-order valence-corrected chi connectivity index (χ3v) is 4.06. The van der Waals surface area contributed by atoms with Gasteiger partial charge in [-0.25, -0.2) is 9.69 Å². The Bertz CT molecular complexity index is 924. The number of para-hydroxylation sites is 1. The lowest BCUT2D eigenvalue weighted by Gasteiger charge is -2.16. The Morgan fingerprint density at radius 3 is 2.56 bits per heavy atom. The summed E-state index contributed by atoms with van der Waals surface area (Å²) in [5.74, 6) is 0.577. The molecule has 27 heavy (non-hydrogen) atoms. The fourth-order valence-corrected chi connectivity index (χ4v) is 2.89. The number of hydrogen-bond donors (Lipinski definition) is 1. The van der Waals surface area contributed by atoms with Gasteiger partial charge in [0.2, 0.25) is 0 Å². The normalized spacial score (nSPS) is 15.4. The number of anilines is 1. The molecular formula is C20H19ClN2O4. The molecule has 3 amide bonds. The van der Waals surface area contributed by atoms with Gasteiger partial charge in [0.15, 0.2) is 11.5 Å². The summed E-state index contributed by atoms with van der Waals surface area (Å²) >= 11 is 5.97. The topological polar surface area (TPSA) is 67.9 Å². The van der Waals surface area contributed by atoms with Crippen molar-refractivity contribution in [1.82, 2.24) is 5.32 Å². The smallest absolute Gasteiger partial charge is 0.333 e. The van der Waals surface area contributed by atoms with Crippen LogP contribution in [0.2, 0.25) is 5.02 Å². The van der Waals surface area contributed by atoms with Crippen molar-refractivity contribution in [2.24, 2.45) is 0 Å². The minimum absolute atomic E-state index is 0.0877. The van der Waals surface area contributed by atoms with Crippen molar-refractivity contribution in [3.8, 4) is 11.5 Å². The number of carbonyl (C=O) groups excluding carboxylic acids is 2. The van der Waals surface area contributed by atoms with Crippen LogP contribution in [-0.4, -0.2) is 25.2 Å². The molecule has 1 aliphatic rings. The van der Waals surface area contributed by atoms with Crippen LogP contribution in [0.4, 0.5) is 10.5 Å². The average molecular weight is 387 g/mol. The second-order valence-corrected chi connectivity index (χ2v) is 6.59.